The van der Waals surface area contributed by atoms with Crippen molar-refractivity contribution in [1.29, 1.82) is 0 Å². The second kappa shape index (κ2) is 6.56. The molecule has 2 saturated carbocycles. The minimum Gasteiger partial charge on any atom is -0.480 e. The zero-order chi connectivity index (χ0) is 16.3. The molecule has 2 aliphatic rings. The molecular weight excluding hydrogens is 296 g/mol. The van der Waals surface area contributed by atoms with Crippen LogP contribution < -0.4 is 10.1 Å². The van der Waals surface area contributed by atoms with Gasteiger partial charge in [0.15, 0.2) is 0 Å². The molecule has 0 atom stereocenters. The van der Waals surface area contributed by atoms with Gasteiger partial charge in [0.05, 0.1) is 5.56 Å². The molecule has 0 unspecified atom stereocenters. The lowest BCUT2D eigenvalue weighted by atomic mass is 9.97. The molecule has 124 valence electrons. The molecule has 0 saturated heterocycles. The predicted molar refractivity (Wildman–Crippen MR) is 83.4 cm³/mol. The zero-order valence-electron chi connectivity index (χ0n) is 13.1. The molecule has 1 amide bonds. The highest BCUT2D eigenvalue weighted by Crippen LogP contribution is 2.30. The normalized spacial score (nSPS) is 20.3. The standard InChI is InChI=1S/C17H22N2O4/c20-15(19-17(16(21)22)9-3-4-10-17)12-7-8-14(18-11-12)23-13-5-1-2-6-13/h7-8,11,13H,1-6,9-10H2,(H,19,20)(H,21,22). The highest BCUT2D eigenvalue weighted by Gasteiger charge is 2.42. The molecule has 2 N–H and O–H groups in total. The number of rotatable bonds is 5. The van der Waals surface area contributed by atoms with E-state index in [9.17, 15) is 14.7 Å². The third-order valence-corrected chi connectivity index (χ3v) is 4.81. The van der Waals surface area contributed by atoms with Crippen LogP contribution in [0.3, 0.4) is 0 Å². The van der Waals surface area contributed by atoms with E-state index in [2.05, 4.69) is 10.3 Å². The van der Waals surface area contributed by atoms with Gasteiger partial charge in [-0.2, -0.15) is 0 Å². The highest BCUT2D eigenvalue weighted by atomic mass is 16.5. The fraction of sp³-hybridized carbons (Fsp3) is 0.588. The third-order valence-electron chi connectivity index (χ3n) is 4.81. The number of hydrogen-bond acceptors (Lipinski definition) is 4. The predicted octanol–water partition coefficient (Wildman–Crippen LogP) is 2.53. The van der Waals surface area contributed by atoms with Gasteiger partial charge in [-0.25, -0.2) is 9.78 Å². The lowest BCUT2D eigenvalue weighted by Crippen LogP contribution is -2.52. The molecule has 2 fully saturated rings. The zero-order valence-corrected chi connectivity index (χ0v) is 13.1. The summed E-state index contributed by atoms with van der Waals surface area (Å²) in [7, 11) is 0. The number of carboxylic acids is 1. The number of nitrogens with zero attached hydrogens (tertiary/aromatic N) is 1. The maximum atomic E-state index is 12.3. The molecule has 0 spiro atoms. The quantitative estimate of drug-likeness (QED) is 0.871. The van der Waals surface area contributed by atoms with Gasteiger partial charge < -0.3 is 15.2 Å². The van der Waals surface area contributed by atoms with E-state index in [1.54, 1.807) is 12.1 Å². The van der Waals surface area contributed by atoms with Crippen LogP contribution in [0, 0.1) is 0 Å². The highest BCUT2D eigenvalue weighted by molar-refractivity contribution is 5.97. The van der Waals surface area contributed by atoms with Crippen molar-refractivity contribution in [1.82, 2.24) is 10.3 Å². The van der Waals surface area contributed by atoms with Crippen molar-refractivity contribution in [3.63, 3.8) is 0 Å². The van der Waals surface area contributed by atoms with Gasteiger partial charge in [0.1, 0.15) is 11.6 Å². The summed E-state index contributed by atoms with van der Waals surface area (Å²) in [6, 6.07) is 3.31. The molecule has 0 bridgehead atoms. The van der Waals surface area contributed by atoms with Gasteiger partial charge in [0.2, 0.25) is 5.88 Å². The molecule has 0 aromatic carbocycles. The Hall–Kier alpha value is -2.11. The van der Waals surface area contributed by atoms with E-state index >= 15 is 0 Å². The Morgan fingerprint density at radius 3 is 2.43 bits per heavy atom. The monoisotopic (exact) mass is 318 g/mol. The van der Waals surface area contributed by atoms with E-state index < -0.39 is 17.4 Å². The first-order valence-corrected chi connectivity index (χ1v) is 8.28. The Labute approximate surface area is 135 Å². The van der Waals surface area contributed by atoms with Crippen LogP contribution >= 0.6 is 0 Å². The number of carbonyl (C=O) groups is 2. The number of nitrogens with one attached hydrogen (secondary N) is 1. The maximum Gasteiger partial charge on any atom is 0.329 e. The van der Waals surface area contributed by atoms with Crippen LogP contribution in [0.4, 0.5) is 0 Å². The topological polar surface area (TPSA) is 88.5 Å². The van der Waals surface area contributed by atoms with Crippen molar-refractivity contribution >= 4 is 11.9 Å². The van der Waals surface area contributed by atoms with Gasteiger partial charge in [-0.05, 0) is 44.6 Å². The number of hydrogen-bond donors (Lipinski definition) is 2. The molecule has 6 nitrogen and oxygen atoms in total. The number of carboxylic acid groups (broad SMARTS) is 1. The summed E-state index contributed by atoms with van der Waals surface area (Å²) in [6.07, 6.45) is 8.72. The molecule has 0 aliphatic heterocycles. The number of carbonyl (C=O) groups excluding carboxylic acids is 1. The average molecular weight is 318 g/mol. The summed E-state index contributed by atoms with van der Waals surface area (Å²) in [5.41, 5.74) is -0.771. The van der Waals surface area contributed by atoms with Crippen LogP contribution in [0.15, 0.2) is 18.3 Å². The molecular formula is C17H22N2O4. The van der Waals surface area contributed by atoms with Crippen LogP contribution in [0.2, 0.25) is 0 Å². The van der Waals surface area contributed by atoms with Crippen molar-refractivity contribution < 1.29 is 19.4 Å². The van der Waals surface area contributed by atoms with Gasteiger partial charge in [0, 0.05) is 12.3 Å². The minimum absolute atomic E-state index is 0.218. The van der Waals surface area contributed by atoms with E-state index in [0.29, 0.717) is 24.3 Å². The number of aliphatic carboxylic acids is 1. The summed E-state index contributed by atoms with van der Waals surface area (Å²) in [6.45, 7) is 0. The molecule has 1 aromatic rings. The number of pyridine rings is 1. The summed E-state index contributed by atoms with van der Waals surface area (Å²) in [5, 5.41) is 12.1. The van der Waals surface area contributed by atoms with E-state index in [0.717, 1.165) is 25.7 Å². The summed E-state index contributed by atoms with van der Waals surface area (Å²) in [5.74, 6) is -0.839. The first-order chi connectivity index (χ1) is 11.1. The van der Waals surface area contributed by atoms with E-state index in [1.165, 1.54) is 19.0 Å². The number of aromatic nitrogens is 1. The Kier molecular flexibility index (Phi) is 4.50. The third kappa shape index (κ3) is 3.46. The van der Waals surface area contributed by atoms with Gasteiger partial charge >= 0.3 is 5.97 Å². The van der Waals surface area contributed by atoms with Crippen molar-refractivity contribution in [2.75, 3.05) is 0 Å². The van der Waals surface area contributed by atoms with Gasteiger partial charge in [-0.1, -0.05) is 12.8 Å². The largest absolute Gasteiger partial charge is 0.480 e. The fourth-order valence-corrected chi connectivity index (χ4v) is 3.42. The van der Waals surface area contributed by atoms with Crippen LogP contribution in [-0.4, -0.2) is 33.6 Å². The van der Waals surface area contributed by atoms with Crippen LogP contribution in [0.1, 0.15) is 61.7 Å². The summed E-state index contributed by atoms with van der Waals surface area (Å²) < 4.78 is 5.76. The lowest BCUT2D eigenvalue weighted by molar-refractivity contribution is -0.144. The molecule has 1 aromatic heterocycles. The number of amides is 1. The maximum absolute atomic E-state index is 12.3. The fourth-order valence-electron chi connectivity index (χ4n) is 3.42. The molecule has 6 heteroatoms. The Morgan fingerprint density at radius 2 is 1.87 bits per heavy atom. The second-order valence-electron chi connectivity index (χ2n) is 6.46. The number of ether oxygens (including phenoxy) is 1. The van der Waals surface area contributed by atoms with Crippen LogP contribution in [-0.2, 0) is 4.79 Å². The van der Waals surface area contributed by atoms with E-state index in [-0.39, 0.29) is 6.10 Å². The van der Waals surface area contributed by atoms with Crippen molar-refractivity contribution in [3.8, 4) is 5.88 Å². The van der Waals surface area contributed by atoms with Gasteiger partial charge in [-0.3, -0.25) is 4.79 Å². The van der Waals surface area contributed by atoms with Crippen molar-refractivity contribution in [3.05, 3.63) is 23.9 Å². The lowest BCUT2D eigenvalue weighted by Gasteiger charge is -2.25. The van der Waals surface area contributed by atoms with Crippen molar-refractivity contribution in [2.45, 2.75) is 63.0 Å². The first kappa shape index (κ1) is 15.8. The molecule has 2 aliphatic carbocycles. The summed E-state index contributed by atoms with van der Waals surface area (Å²) >= 11 is 0. The average Bonchev–Trinajstić information content (AvgIpc) is 3.20. The summed E-state index contributed by atoms with van der Waals surface area (Å²) in [4.78, 5) is 28.0. The molecule has 1 heterocycles. The van der Waals surface area contributed by atoms with E-state index in [4.69, 9.17) is 4.74 Å². The molecule has 0 radical (unpaired) electrons. The van der Waals surface area contributed by atoms with Crippen molar-refractivity contribution in [2.24, 2.45) is 0 Å². The Bertz CT molecular complexity index is 573. The van der Waals surface area contributed by atoms with Crippen LogP contribution in [0.5, 0.6) is 5.88 Å². The second-order valence-corrected chi connectivity index (χ2v) is 6.46. The minimum atomic E-state index is -1.13. The SMILES string of the molecule is O=C(NC1(C(=O)O)CCCC1)c1ccc(OC2CCCC2)nc1. The Morgan fingerprint density at radius 1 is 1.17 bits per heavy atom. The van der Waals surface area contributed by atoms with E-state index in [1.807, 2.05) is 0 Å². The van der Waals surface area contributed by atoms with Gasteiger partial charge in [-0.15, -0.1) is 0 Å². The van der Waals surface area contributed by atoms with Gasteiger partial charge in [0.25, 0.3) is 5.91 Å². The molecule has 3 rings (SSSR count). The van der Waals surface area contributed by atoms with Crippen LogP contribution in [0.25, 0.3) is 0 Å². The Balaban J connectivity index is 1.64. The smallest absolute Gasteiger partial charge is 0.329 e. The first-order valence-electron chi connectivity index (χ1n) is 8.28. The molecule has 23 heavy (non-hydrogen) atoms.